The molecule has 0 aliphatic carbocycles. The van der Waals surface area contributed by atoms with Crippen molar-refractivity contribution in [1.82, 2.24) is 4.90 Å². The SMILES string of the molecule is CN1C(=O)c2ccc(NC(=O)C3CC(=O)N(c4cccc(C(F)(F)F)c4)C3)cc2C1=O. The summed E-state index contributed by atoms with van der Waals surface area (Å²) in [5.74, 6) is -2.67. The summed E-state index contributed by atoms with van der Waals surface area (Å²) in [6.07, 6.45) is -4.71. The molecule has 0 bridgehead atoms. The Morgan fingerprint density at radius 2 is 1.74 bits per heavy atom. The van der Waals surface area contributed by atoms with Gasteiger partial charge in [0.1, 0.15) is 0 Å². The number of fused-ring (bicyclic) bond motifs is 1. The number of rotatable bonds is 3. The summed E-state index contributed by atoms with van der Waals surface area (Å²) in [6, 6.07) is 8.67. The van der Waals surface area contributed by atoms with Crippen molar-refractivity contribution >= 4 is 35.0 Å². The Balaban J connectivity index is 1.49. The van der Waals surface area contributed by atoms with Crippen LogP contribution >= 0.6 is 0 Å². The number of nitrogens with zero attached hydrogens (tertiary/aromatic N) is 2. The Hall–Kier alpha value is -3.69. The number of benzene rings is 2. The highest BCUT2D eigenvalue weighted by atomic mass is 19.4. The maximum Gasteiger partial charge on any atom is 0.416 e. The van der Waals surface area contributed by atoms with Crippen LogP contribution in [0.4, 0.5) is 24.5 Å². The molecule has 0 spiro atoms. The van der Waals surface area contributed by atoms with E-state index in [1.54, 1.807) is 0 Å². The number of imide groups is 1. The Bertz CT molecular complexity index is 1130. The van der Waals surface area contributed by atoms with E-state index in [0.717, 1.165) is 21.9 Å². The van der Waals surface area contributed by atoms with Gasteiger partial charge in [0.2, 0.25) is 11.8 Å². The standard InChI is InChI=1S/C21H16F3N3O4/c1-26-19(30)15-6-5-13(9-16(15)20(26)31)25-18(29)11-7-17(28)27(10-11)14-4-2-3-12(8-14)21(22,23)24/h2-6,8-9,11H,7,10H2,1H3,(H,25,29). The lowest BCUT2D eigenvalue weighted by molar-refractivity contribution is -0.137. The first-order valence-corrected chi connectivity index (χ1v) is 9.31. The van der Waals surface area contributed by atoms with Gasteiger partial charge in [-0.3, -0.25) is 24.1 Å². The van der Waals surface area contributed by atoms with E-state index >= 15 is 0 Å². The van der Waals surface area contributed by atoms with Crippen LogP contribution in [-0.2, 0) is 15.8 Å². The van der Waals surface area contributed by atoms with Gasteiger partial charge in [0.15, 0.2) is 0 Å². The first-order chi connectivity index (χ1) is 14.6. The van der Waals surface area contributed by atoms with Crippen LogP contribution in [0.3, 0.4) is 0 Å². The van der Waals surface area contributed by atoms with Crippen LogP contribution in [0.5, 0.6) is 0 Å². The topological polar surface area (TPSA) is 86.8 Å². The zero-order chi connectivity index (χ0) is 22.5. The summed E-state index contributed by atoms with van der Waals surface area (Å²) in [6.45, 7) is -0.0723. The van der Waals surface area contributed by atoms with E-state index in [9.17, 15) is 32.3 Å². The highest BCUT2D eigenvalue weighted by Gasteiger charge is 2.37. The monoisotopic (exact) mass is 431 g/mol. The number of carbonyl (C=O) groups excluding carboxylic acids is 4. The quantitative estimate of drug-likeness (QED) is 0.758. The zero-order valence-electron chi connectivity index (χ0n) is 16.2. The highest BCUT2D eigenvalue weighted by molar-refractivity contribution is 6.21. The number of hydrogen-bond donors (Lipinski definition) is 1. The molecule has 0 saturated carbocycles. The maximum absolute atomic E-state index is 13.0. The predicted octanol–water partition coefficient (Wildman–Crippen LogP) is 2.92. The molecule has 1 saturated heterocycles. The third kappa shape index (κ3) is 3.65. The summed E-state index contributed by atoms with van der Waals surface area (Å²) in [5, 5.41) is 2.61. The van der Waals surface area contributed by atoms with Gasteiger partial charge in [-0.2, -0.15) is 13.2 Å². The zero-order valence-corrected chi connectivity index (χ0v) is 16.2. The molecule has 2 aliphatic heterocycles. The van der Waals surface area contributed by atoms with Crippen molar-refractivity contribution in [2.24, 2.45) is 5.92 Å². The van der Waals surface area contributed by atoms with Gasteiger partial charge in [0, 0.05) is 31.4 Å². The van der Waals surface area contributed by atoms with Gasteiger partial charge in [-0.1, -0.05) is 6.07 Å². The van der Waals surface area contributed by atoms with Crippen molar-refractivity contribution in [3.63, 3.8) is 0 Å². The molecule has 1 N–H and O–H groups in total. The molecule has 2 aromatic rings. The molecule has 0 radical (unpaired) electrons. The van der Waals surface area contributed by atoms with Crippen LogP contribution in [0.15, 0.2) is 42.5 Å². The largest absolute Gasteiger partial charge is 0.416 e. The number of hydrogen-bond acceptors (Lipinski definition) is 4. The van der Waals surface area contributed by atoms with Crippen molar-refractivity contribution in [2.45, 2.75) is 12.6 Å². The van der Waals surface area contributed by atoms with Crippen molar-refractivity contribution < 1.29 is 32.3 Å². The highest BCUT2D eigenvalue weighted by Crippen LogP contribution is 2.34. The molecule has 160 valence electrons. The van der Waals surface area contributed by atoms with Crippen LogP contribution in [0.1, 0.15) is 32.7 Å². The van der Waals surface area contributed by atoms with Crippen LogP contribution in [-0.4, -0.2) is 42.1 Å². The van der Waals surface area contributed by atoms with Crippen LogP contribution in [0, 0.1) is 5.92 Å². The molecule has 1 fully saturated rings. The molecule has 1 unspecified atom stereocenters. The molecule has 10 heteroatoms. The molecule has 0 aromatic heterocycles. The van der Waals surface area contributed by atoms with E-state index < -0.39 is 41.3 Å². The van der Waals surface area contributed by atoms with Crippen molar-refractivity contribution in [3.05, 3.63) is 59.2 Å². The average molecular weight is 431 g/mol. The maximum atomic E-state index is 13.0. The number of amides is 4. The molecular formula is C21H16F3N3O4. The smallest absolute Gasteiger partial charge is 0.326 e. The van der Waals surface area contributed by atoms with E-state index in [-0.39, 0.29) is 35.5 Å². The van der Waals surface area contributed by atoms with Crippen molar-refractivity contribution in [3.8, 4) is 0 Å². The number of nitrogens with one attached hydrogen (secondary N) is 1. The number of anilines is 2. The van der Waals surface area contributed by atoms with Gasteiger partial charge in [-0.05, 0) is 36.4 Å². The number of carbonyl (C=O) groups is 4. The minimum Gasteiger partial charge on any atom is -0.326 e. The van der Waals surface area contributed by atoms with E-state index in [4.69, 9.17) is 0 Å². The van der Waals surface area contributed by atoms with Gasteiger partial charge in [-0.15, -0.1) is 0 Å². The average Bonchev–Trinajstić information content (AvgIpc) is 3.21. The lowest BCUT2D eigenvalue weighted by Gasteiger charge is -2.18. The molecule has 31 heavy (non-hydrogen) atoms. The Morgan fingerprint density at radius 1 is 1.03 bits per heavy atom. The van der Waals surface area contributed by atoms with Crippen molar-refractivity contribution in [2.75, 3.05) is 23.8 Å². The van der Waals surface area contributed by atoms with Crippen molar-refractivity contribution in [1.29, 1.82) is 0 Å². The second-order valence-corrected chi connectivity index (χ2v) is 7.37. The van der Waals surface area contributed by atoms with E-state index in [1.165, 1.54) is 37.4 Å². The third-order valence-corrected chi connectivity index (χ3v) is 5.34. The van der Waals surface area contributed by atoms with E-state index in [0.29, 0.717) is 0 Å². The van der Waals surface area contributed by atoms with Gasteiger partial charge >= 0.3 is 6.18 Å². The van der Waals surface area contributed by atoms with Crippen LogP contribution in [0.2, 0.25) is 0 Å². The van der Waals surface area contributed by atoms with Gasteiger partial charge in [0.25, 0.3) is 11.8 Å². The van der Waals surface area contributed by atoms with E-state index in [2.05, 4.69) is 5.32 Å². The molecule has 4 amide bonds. The summed E-state index contributed by atoms with van der Waals surface area (Å²) < 4.78 is 38.9. The van der Waals surface area contributed by atoms with Crippen LogP contribution < -0.4 is 10.2 Å². The Kier molecular flexibility index (Phi) is 4.79. The fourth-order valence-electron chi connectivity index (χ4n) is 3.67. The van der Waals surface area contributed by atoms with Gasteiger partial charge in [-0.25, -0.2) is 0 Å². The first kappa shape index (κ1) is 20.6. The second kappa shape index (κ2) is 7.22. The van der Waals surface area contributed by atoms with Gasteiger partial charge < -0.3 is 10.2 Å². The number of alkyl halides is 3. The fourth-order valence-corrected chi connectivity index (χ4v) is 3.67. The third-order valence-electron chi connectivity index (χ3n) is 5.34. The second-order valence-electron chi connectivity index (χ2n) is 7.37. The van der Waals surface area contributed by atoms with Gasteiger partial charge in [0.05, 0.1) is 22.6 Å². The molecule has 2 heterocycles. The molecular weight excluding hydrogens is 415 g/mol. The van der Waals surface area contributed by atoms with E-state index in [1.807, 2.05) is 0 Å². The minimum absolute atomic E-state index is 0.0693. The molecule has 4 rings (SSSR count). The first-order valence-electron chi connectivity index (χ1n) is 9.31. The molecule has 1 atom stereocenters. The summed E-state index contributed by atoms with van der Waals surface area (Å²) in [7, 11) is 1.36. The molecule has 2 aliphatic rings. The lowest BCUT2D eigenvalue weighted by atomic mass is 10.1. The normalized spacial score (nSPS) is 18.6. The summed E-state index contributed by atoms with van der Waals surface area (Å²) >= 11 is 0. The summed E-state index contributed by atoms with van der Waals surface area (Å²) in [4.78, 5) is 51.2. The minimum atomic E-state index is -4.55. The lowest BCUT2D eigenvalue weighted by Crippen LogP contribution is -2.28. The van der Waals surface area contributed by atoms with Crippen LogP contribution in [0.25, 0.3) is 0 Å². The molecule has 7 nitrogen and oxygen atoms in total. The fraction of sp³-hybridized carbons (Fsp3) is 0.238. The summed E-state index contributed by atoms with van der Waals surface area (Å²) in [5.41, 5.74) is -0.131. The Labute approximate surface area is 174 Å². The molecule has 2 aromatic carbocycles. The predicted molar refractivity (Wildman–Crippen MR) is 103 cm³/mol. The number of halogens is 3. The Morgan fingerprint density at radius 3 is 2.45 bits per heavy atom.